The van der Waals surface area contributed by atoms with Crippen molar-refractivity contribution in [3.63, 3.8) is 0 Å². The predicted octanol–water partition coefficient (Wildman–Crippen LogP) is 1.77. The Hall–Kier alpha value is -1.46. The van der Waals surface area contributed by atoms with Crippen LogP contribution in [0.2, 0.25) is 0 Å². The van der Waals surface area contributed by atoms with E-state index in [9.17, 15) is 0 Å². The first-order valence-electron chi connectivity index (χ1n) is 7.68. The maximum Gasteiger partial charge on any atom is 0.159 e. The summed E-state index contributed by atoms with van der Waals surface area (Å²) in [6.07, 6.45) is 1.66. The molecular weight excluding hydrogens is 262 g/mol. The lowest BCUT2D eigenvalue weighted by molar-refractivity contribution is 0.146. The molecule has 21 heavy (non-hydrogen) atoms. The first-order valence-corrected chi connectivity index (χ1v) is 7.68. The minimum atomic E-state index is 0.0840. The smallest absolute Gasteiger partial charge is 0.159 e. The Morgan fingerprint density at radius 2 is 1.81 bits per heavy atom. The summed E-state index contributed by atoms with van der Waals surface area (Å²) in [5.41, 5.74) is 3.55. The number of rotatable bonds is 2. The van der Waals surface area contributed by atoms with Gasteiger partial charge in [0, 0.05) is 38.3 Å². The monoisotopic (exact) mass is 287 g/mol. The Morgan fingerprint density at radius 3 is 2.48 bits per heavy atom. The molecule has 0 radical (unpaired) electrons. The van der Waals surface area contributed by atoms with E-state index in [0.717, 1.165) is 38.4 Å². The van der Waals surface area contributed by atoms with Crippen LogP contribution in [0, 0.1) is 0 Å². The zero-order valence-corrected chi connectivity index (χ0v) is 13.5. The minimum Gasteiger partial charge on any atom is -0.304 e. The zero-order chi connectivity index (χ0) is 15.0. The van der Waals surface area contributed by atoms with Crippen LogP contribution in [-0.2, 0) is 12.0 Å². The molecule has 0 bridgehead atoms. The maximum atomic E-state index is 4.48. The molecule has 0 amide bonds. The Balaban J connectivity index is 1.89. The van der Waals surface area contributed by atoms with Crippen molar-refractivity contribution < 1.29 is 0 Å². The highest BCUT2D eigenvalue weighted by Gasteiger charge is 2.21. The second-order valence-corrected chi connectivity index (χ2v) is 7.06. The van der Waals surface area contributed by atoms with Crippen LogP contribution in [0.5, 0.6) is 0 Å². The van der Waals surface area contributed by atoms with Crippen LogP contribution >= 0.6 is 0 Å². The van der Waals surface area contributed by atoms with Gasteiger partial charge in [-0.3, -0.25) is 4.90 Å². The molecule has 114 valence electrons. The van der Waals surface area contributed by atoms with Crippen molar-refractivity contribution in [2.24, 2.45) is 0 Å². The molecule has 0 saturated carbocycles. The van der Waals surface area contributed by atoms with Gasteiger partial charge in [-0.05, 0) is 18.5 Å². The molecule has 3 rings (SSSR count). The molecule has 5 heteroatoms. The van der Waals surface area contributed by atoms with Gasteiger partial charge in [-0.2, -0.15) is 5.10 Å². The van der Waals surface area contributed by atoms with Crippen LogP contribution in [0.1, 0.15) is 32.0 Å². The highest BCUT2D eigenvalue weighted by Crippen LogP contribution is 2.26. The molecule has 2 aromatic rings. The molecule has 1 aliphatic rings. The Kier molecular flexibility index (Phi) is 3.71. The number of piperazine rings is 1. The highest BCUT2D eigenvalue weighted by atomic mass is 15.3. The first-order chi connectivity index (χ1) is 9.95. The summed E-state index contributed by atoms with van der Waals surface area (Å²) in [7, 11) is 2.19. The van der Waals surface area contributed by atoms with Crippen molar-refractivity contribution in [2.45, 2.75) is 32.7 Å². The first kappa shape index (κ1) is 14.5. The summed E-state index contributed by atoms with van der Waals surface area (Å²) in [6.45, 7) is 12.1. The van der Waals surface area contributed by atoms with Gasteiger partial charge in [-0.25, -0.2) is 9.50 Å². The van der Waals surface area contributed by atoms with Gasteiger partial charge >= 0.3 is 0 Å². The third kappa shape index (κ3) is 2.94. The van der Waals surface area contributed by atoms with Gasteiger partial charge in [0.05, 0.1) is 5.69 Å². The van der Waals surface area contributed by atoms with E-state index < -0.39 is 0 Å². The fourth-order valence-electron chi connectivity index (χ4n) is 2.90. The highest BCUT2D eigenvalue weighted by molar-refractivity contribution is 5.51. The van der Waals surface area contributed by atoms with Crippen molar-refractivity contribution in [1.29, 1.82) is 0 Å². The molecule has 5 nitrogen and oxygen atoms in total. The van der Waals surface area contributed by atoms with Gasteiger partial charge in [0.1, 0.15) is 6.33 Å². The molecule has 2 aromatic heterocycles. The van der Waals surface area contributed by atoms with Crippen LogP contribution in [0.15, 0.2) is 18.5 Å². The number of fused-ring (bicyclic) bond motifs is 1. The number of aromatic nitrogens is 3. The van der Waals surface area contributed by atoms with E-state index in [0.29, 0.717) is 0 Å². The van der Waals surface area contributed by atoms with Crippen molar-refractivity contribution in [3.05, 3.63) is 29.7 Å². The molecule has 0 aromatic carbocycles. The number of pyridine rings is 1. The molecule has 0 atom stereocenters. The van der Waals surface area contributed by atoms with E-state index in [2.05, 4.69) is 59.8 Å². The average molecular weight is 287 g/mol. The van der Waals surface area contributed by atoms with Gasteiger partial charge < -0.3 is 4.90 Å². The van der Waals surface area contributed by atoms with Crippen LogP contribution in [-0.4, -0.2) is 57.6 Å². The second-order valence-electron chi connectivity index (χ2n) is 7.06. The van der Waals surface area contributed by atoms with Gasteiger partial charge in [0.15, 0.2) is 5.65 Å². The Labute approximate surface area is 126 Å². The van der Waals surface area contributed by atoms with Crippen LogP contribution < -0.4 is 0 Å². The molecule has 1 saturated heterocycles. The van der Waals surface area contributed by atoms with E-state index in [1.165, 1.54) is 11.3 Å². The third-order valence-electron chi connectivity index (χ3n) is 4.29. The Morgan fingerprint density at radius 1 is 1.10 bits per heavy atom. The van der Waals surface area contributed by atoms with Gasteiger partial charge in [0.2, 0.25) is 0 Å². The summed E-state index contributed by atoms with van der Waals surface area (Å²) in [4.78, 5) is 9.35. The molecule has 1 fully saturated rings. The lowest BCUT2D eigenvalue weighted by Crippen LogP contribution is -2.44. The van der Waals surface area contributed by atoms with Crippen LogP contribution in [0.25, 0.3) is 5.65 Å². The second kappa shape index (κ2) is 5.39. The van der Waals surface area contributed by atoms with Crippen LogP contribution in [0.3, 0.4) is 0 Å². The fourth-order valence-corrected chi connectivity index (χ4v) is 2.90. The van der Waals surface area contributed by atoms with E-state index in [1.54, 1.807) is 6.33 Å². The van der Waals surface area contributed by atoms with E-state index in [4.69, 9.17) is 0 Å². The van der Waals surface area contributed by atoms with Crippen LogP contribution in [0.4, 0.5) is 0 Å². The largest absolute Gasteiger partial charge is 0.304 e. The van der Waals surface area contributed by atoms with Crippen molar-refractivity contribution in [1.82, 2.24) is 24.4 Å². The fraction of sp³-hybridized carbons (Fsp3) is 0.625. The maximum absolute atomic E-state index is 4.48. The molecule has 0 unspecified atom stereocenters. The van der Waals surface area contributed by atoms with Gasteiger partial charge in [-0.1, -0.05) is 26.8 Å². The zero-order valence-electron chi connectivity index (χ0n) is 13.5. The Bertz CT molecular complexity index is 617. The number of hydrogen-bond acceptors (Lipinski definition) is 4. The number of hydrogen-bond donors (Lipinski definition) is 0. The molecule has 0 N–H and O–H groups in total. The lowest BCUT2D eigenvalue weighted by Gasteiger charge is -2.32. The van der Waals surface area contributed by atoms with Gasteiger partial charge in [-0.15, -0.1) is 0 Å². The standard InChI is InChI=1S/C16H25N5/c1-16(2,3)14-6-5-13(21-15(14)17-12-18-21)11-20-9-7-19(4)8-10-20/h5-6,12H,7-11H2,1-4H3. The molecule has 1 aliphatic heterocycles. The molecule has 0 aliphatic carbocycles. The number of nitrogens with zero attached hydrogens (tertiary/aromatic N) is 5. The van der Waals surface area contributed by atoms with E-state index >= 15 is 0 Å². The summed E-state index contributed by atoms with van der Waals surface area (Å²) >= 11 is 0. The quantitative estimate of drug-likeness (QED) is 0.843. The lowest BCUT2D eigenvalue weighted by atomic mass is 9.87. The topological polar surface area (TPSA) is 36.7 Å². The average Bonchev–Trinajstić information content (AvgIpc) is 2.89. The summed E-state index contributed by atoms with van der Waals surface area (Å²) in [6, 6.07) is 4.43. The molecule has 3 heterocycles. The minimum absolute atomic E-state index is 0.0840. The van der Waals surface area contributed by atoms with E-state index in [-0.39, 0.29) is 5.41 Å². The normalized spacial score (nSPS) is 18.5. The third-order valence-corrected chi connectivity index (χ3v) is 4.29. The predicted molar refractivity (Wildman–Crippen MR) is 84.5 cm³/mol. The number of likely N-dealkylation sites (N-methyl/N-ethyl adjacent to an activating group) is 1. The summed E-state index contributed by atoms with van der Waals surface area (Å²) in [5.74, 6) is 0. The SMILES string of the molecule is CN1CCN(Cc2ccc(C(C)(C)C)c3ncnn23)CC1. The molecular formula is C16H25N5. The van der Waals surface area contributed by atoms with Gasteiger partial charge in [0.25, 0.3) is 0 Å². The van der Waals surface area contributed by atoms with Crippen molar-refractivity contribution in [3.8, 4) is 0 Å². The van der Waals surface area contributed by atoms with E-state index in [1.807, 2.05) is 4.52 Å². The summed E-state index contributed by atoms with van der Waals surface area (Å²) < 4.78 is 2.01. The summed E-state index contributed by atoms with van der Waals surface area (Å²) in [5, 5.41) is 4.44. The van der Waals surface area contributed by atoms with Crippen molar-refractivity contribution in [2.75, 3.05) is 33.2 Å². The molecule has 0 spiro atoms. The van der Waals surface area contributed by atoms with Crippen molar-refractivity contribution >= 4 is 5.65 Å².